The fraction of sp³-hybridized carbons (Fsp3) is 0.0625. The molecule has 0 fully saturated rings. The van der Waals surface area contributed by atoms with Crippen molar-refractivity contribution in [1.82, 2.24) is 24.8 Å². The van der Waals surface area contributed by atoms with Crippen molar-refractivity contribution >= 4 is 34.1 Å². The van der Waals surface area contributed by atoms with Crippen molar-refractivity contribution in [2.45, 2.75) is 6.54 Å². The largest absolute Gasteiger partial charge is 0.246 e. The summed E-state index contributed by atoms with van der Waals surface area (Å²) in [5.74, 6) is 0.663. The van der Waals surface area contributed by atoms with Crippen molar-refractivity contribution in [3.8, 4) is 5.82 Å². The smallest absolute Gasteiger partial charge is 0.196 e. The average Bonchev–Trinajstić information content (AvgIpc) is 3.16. The highest BCUT2D eigenvalue weighted by Crippen LogP contribution is 2.22. The molecule has 7 heteroatoms. The molecule has 2 aromatic heterocycles. The molecule has 0 bridgehead atoms. The third-order valence-corrected chi connectivity index (χ3v) is 4.16. The Morgan fingerprint density at radius 1 is 1.04 bits per heavy atom. The van der Waals surface area contributed by atoms with Gasteiger partial charge in [-0.1, -0.05) is 52.7 Å². The summed E-state index contributed by atoms with van der Waals surface area (Å²) in [5, 5.41) is 15.0. The lowest BCUT2D eigenvalue weighted by atomic mass is 10.2. The summed E-state index contributed by atoms with van der Waals surface area (Å²) in [6, 6.07) is 13.4. The van der Waals surface area contributed by atoms with E-state index in [-0.39, 0.29) is 0 Å². The van der Waals surface area contributed by atoms with Crippen LogP contribution in [0.5, 0.6) is 0 Å². The molecule has 0 saturated carbocycles. The van der Waals surface area contributed by atoms with Crippen LogP contribution in [-0.4, -0.2) is 24.8 Å². The third-order valence-electron chi connectivity index (χ3n) is 3.57. The van der Waals surface area contributed by atoms with E-state index in [0.29, 0.717) is 22.4 Å². The Morgan fingerprint density at radius 2 is 1.91 bits per heavy atom. The van der Waals surface area contributed by atoms with Crippen LogP contribution in [0.25, 0.3) is 16.7 Å². The Labute approximate surface area is 142 Å². The summed E-state index contributed by atoms with van der Waals surface area (Å²) in [7, 11) is 0. The van der Waals surface area contributed by atoms with Crippen molar-refractivity contribution in [3.05, 3.63) is 70.5 Å². The van der Waals surface area contributed by atoms with E-state index in [1.807, 2.05) is 48.8 Å². The minimum Gasteiger partial charge on any atom is -0.246 e. The Morgan fingerprint density at radius 3 is 2.78 bits per heavy atom. The molecule has 0 spiro atoms. The van der Waals surface area contributed by atoms with E-state index in [4.69, 9.17) is 23.2 Å². The predicted molar refractivity (Wildman–Crippen MR) is 90.2 cm³/mol. The summed E-state index contributed by atoms with van der Waals surface area (Å²) in [6.07, 6.45) is 3.65. The molecule has 0 unspecified atom stereocenters. The zero-order valence-corrected chi connectivity index (χ0v) is 13.4. The zero-order valence-electron chi connectivity index (χ0n) is 11.9. The Bertz CT molecular complexity index is 989. The standard InChI is InChI=1S/C16H11Cl2N5/c17-13-6-5-12(14(18)7-13)9-22-10-16(20-21-22)23-15-4-2-1-3-11(15)8-19-23/h1-8,10H,9H2. The summed E-state index contributed by atoms with van der Waals surface area (Å²) in [4.78, 5) is 0. The molecule has 114 valence electrons. The Kier molecular flexibility index (Phi) is 3.52. The average molecular weight is 344 g/mol. The number of hydrogen-bond donors (Lipinski definition) is 0. The monoisotopic (exact) mass is 343 g/mol. The molecule has 0 aliphatic heterocycles. The summed E-state index contributed by atoms with van der Waals surface area (Å²) < 4.78 is 3.49. The minimum atomic E-state index is 0.516. The first-order valence-corrected chi connectivity index (χ1v) is 7.73. The lowest BCUT2D eigenvalue weighted by Gasteiger charge is -2.04. The van der Waals surface area contributed by atoms with Gasteiger partial charge in [-0.05, 0) is 23.8 Å². The van der Waals surface area contributed by atoms with Gasteiger partial charge in [-0.15, -0.1) is 5.10 Å². The van der Waals surface area contributed by atoms with Gasteiger partial charge in [0.05, 0.1) is 24.5 Å². The van der Waals surface area contributed by atoms with E-state index in [2.05, 4.69) is 15.4 Å². The fourth-order valence-electron chi connectivity index (χ4n) is 2.44. The van der Waals surface area contributed by atoms with Crippen molar-refractivity contribution in [2.75, 3.05) is 0 Å². The first kappa shape index (κ1) is 14.2. The zero-order chi connectivity index (χ0) is 15.8. The van der Waals surface area contributed by atoms with E-state index in [0.717, 1.165) is 16.5 Å². The van der Waals surface area contributed by atoms with E-state index >= 15 is 0 Å². The first-order valence-electron chi connectivity index (χ1n) is 6.98. The van der Waals surface area contributed by atoms with Crippen molar-refractivity contribution < 1.29 is 0 Å². The Hall–Kier alpha value is -2.37. The highest BCUT2D eigenvalue weighted by atomic mass is 35.5. The summed E-state index contributed by atoms with van der Waals surface area (Å²) in [5.41, 5.74) is 1.92. The predicted octanol–water partition coefficient (Wildman–Crippen LogP) is 3.97. The second kappa shape index (κ2) is 5.68. The van der Waals surface area contributed by atoms with Crippen molar-refractivity contribution in [1.29, 1.82) is 0 Å². The summed E-state index contributed by atoms with van der Waals surface area (Å²) in [6.45, 7) is 0.516. The van der Waals surface area contributed by atoms with Gasteiger partial charge >= 0.3 is 0 Å². The molecule has 4 aromatic rings. The first-order chi connectivity index (χ1) is 11.2. The van der Waals surface area contributed by atoms with E-state index in [1.165, 1.54) is 0 Å². The van der Waals surface area contributed by atoms with Crippen molar-refractivity contribution in [3.63, 3.8) is 0 Å². The molecule has 0 N–H and O–H groups in total. The van der Waals surface area contributed by atoms with Gasteiger partial charge < -0.3 is 0 Å². The molecule has 0 amide bonds. The maximum absolute atomic E-state index is 6.20. The SMILES string of the molecule is Clc1ccc(Cn2cc(-n3ncc4ccccc43)nn2)c(Cl)c1. The molecule has 0 aliphatic carbocycles. The minimum absolute atomic E-state index is 0.516. The van der Waals surface area contributed by atoms with Crippen LogP contribution in [0.4, 0.5) is 0 Å². The number of fused-ring (bicyclic) bond motifs is 1. The fourth-order valence-corrected chi connectivity index (χ4v) is 2.91. The van der Waals surface area contributed by atoms with E-state index in [9.17, 15) is 0 Å². The number of para-hydroxylation sites is 1. The molecule has 0 aliphatic rings. The molecule has 4 rings (SSSR count). The number of nitrogens with zero attached hydrogens (tertiary/aromatic N) is 5. The van der Waals surface area contributed by atoms with Crippen LogP contribution in [0, 0.1) is 0 Å². The molecule has 23 heavy (non-hydrogen) atoms. The summed E-state index contributed by atoms with van der Waals surface area (Å²) >= 11 is 12.1. The highest BCUT2D eigenvalue weighted by Gasteiger charge is 2.09. The molecule has 0 atom stereocenters. The van der Waals surface area contributed by atoms with Crippen LogP contribution >= 0.6 is 23.2 Å². The molecular formula is C16H11Cl2N5. The topological polar surface area (TPSA) is 48.5 Å². The third kappa shape index (κ3) is 2.69. The molecular weight excluding hydrogens is 333 g/mol. The molecule has 0 radical (unpaired) electrons. The van der Waals surface area contributed by atoms with Gasteiger partial charge in [0.2, 0.25) is 0 Å². The normalized spacial score (nSPS) is 11.2. The maximum Gasteiger partial charge on any atom is 0.196 e. The molecule has 0 saturated heterocycles. The lowest BCUT2D eigenvalue weighted by Crippen LogP contribution is -2.01. The second-order valence-corrected chi connectivity index (χ2v) is 5.97. The molecule has 2 aromatic carbocycles. The number of rotatable bonds is 3. The van der Waals surface area contributed by atoms with E-state index in [1.54, 1.807) is 15.4 Å². The highest BCUT2D eigenvalue weighted by molar-refractivity contribution is 6.35. The molecule has 2 heterocycles. The number of hydrogen-bond acceptors (Lipinski definition) is 3. The second-order valence-electron chi connectivity index (χ2n) is 5.13. The van der Waals surface area contributed by atoms with E-state index < -0.39 is 0 Å². The van der Waals surface area contributed by atoms with Crippen molar-refractivity contribution in [2.24, 2.45) is 0 Å². The van der Waals surface area contributed by atoms with Crippen LogP contribution in [0.2, 0.25) is 10.0 Å². The van der Waals surface area contributed by atoms with Gasteiger partial charge in [0.25, 0.3) is 0 Å². The van der Waals surface area contributed by atoms with Gasteiger partial charge in [0.1, 0.15) is 0 Å². The van der Waals surface area contributed by atoms with Gasteiger partial charge in [0, 0.05) is 15.4 Å². The lowest BCUT2D eigenvalue weighted by molar-refractivity contribution is 0.649. The van der Waals surface area contributed by atoms with Gasteiger partial charge in [-0.3, -0.25) is 0 Å². The molecule has 5 nitrogen and oxygen atoms in total. The van der Waals surface area contributed by atoms with Gasteiger partial charge in [0.15, 0.2) is 5.82 Å². The quantitative estimate of drug-likeness (QED) is 0.565. The maximum atomic E-state index is 6.20. The Balaban J connectivity index is 1.66. The van der Waals surface area contributed by atoms with Crippen LogP contribution in [0.15, 0.2) is 54.9 Å². The van der Waals surface area contributed by atoms with Crippen LogP contribution in [0.3, 0.4) is 0 Å². The number of aromatic nitrogens is 5. The van der Waals surface area contributed by atoms with Gasteiger partial charge in [-0.25, -0.2) is 9.36 Å². The van der Waals surface area contributed by atoms with Crippen LogP contribution in [-0.2, 0) is 6.54 Å². The van der Waals surface area contributed by atoms with Gasteiger partial charge in [-0.2, -0.15) is 5.10 Å². The van der Waals surface area contributed by atoms with Crippen LogP contribution < -0.4 is 0 Å². The number of halogens is 2. The number of benzene rings is 2. The van der Waals surface area contributed by atoms with Crippen LogP contribution in [0.1, 0.15) is 5.56 Å².